The Kier molecular flexibility index (Phi) is 4.48. The van der Waals surface area contributed by atoms with Crippen molar-refractivity contribution in [3.63, 3.8) is 0 Å². The Labute approximate surface area is 119 Å². The Balaban J connectivity index is 2.58. The van der Waals surface area contributed by atoms with Gasteiger partial charge in [-0.25, -0.2) is 4.79 Å². The third-order valence-electron chi connectivity index (χ3n) is 4.27. The van der Waals surface area contributed by atoms with Gasteiger partial charge in [-0.2, -0.15) is 0 Å². The molecule has 0 unspecified atom stereocenters. The smallest absolute Gasteiger partial charge is 0.305 e. The van der Waals surface area contributed by atoms with Gasteiger partial charge < -0.3 is 4.90 Å². The van der Waals surface area contributed by atoms with Gasteiger partial charge in [0, 0.05) is 25.3 Å². The number of hydrogen-bond donors (Lipinski definition) is 0. The minimum Gasteiger partial charge on any atom is -0.305 e. The molecule has 112 valence electrons. The van der Waals surface area contributed by atoms with Crippen LogP contribution in [0, 0.1) is 6.92 Å². The van der Waals surface area contributed by atoms with Crippen molar-refractivity contribution >= 4 is 0 Å². The number of aromatic nitrogens is 2. The lowest BCUT2D eigenvalue weighted by Gasteiger charge is -2.27. The molecule has 2 rings (SSSR count). The molecule has 0 aromatic carbocycles. The van der Waals surface area contributed by atoms with Crippen LogP contribution in [0.15, 0.2) is 9.59 Å². The second kappa shape index (κ2) is 5.95. The third-order valence-corrected chi connectivity index (χ3v) is 4.27. The van der Waals surface area contributed by atoms with E-state index < -0.39 is 0 Å². The molecule has 0 spiro atoms. The fraction of sp³-hybridized carbons (Fsp3) is 0.733. The van der Waals surface area contributed by atoms with E-state index in [1.807, 2.05) is 30.5 Å². The molecular formula is C15H25N3O2. The van der Waals surface area contributed by atoms with Gasteiger partial charge in [-0.05, 0) is 33.9 Å². The summed E-state index contributed by atoms with van der Waals surface area (Å²) in [6, 6.07) is 0.254. The van der Waals surface area contributed by atoms with Crippen molar-refractivity contribution in [3.8, 4) is 0 Å². The lowest BCUT2D eigenvalue weighted by atomic mass is 9.95. The van der Waals surface area contributed by atoms with E-state index in [-0.39, 0.29) is 17.3 Å². The molecule has 1 aromatic heterocycles. The molecular weight excluding hydrogens is 254 g/mol. The van der Waals surface area contributed by atoms with Crippen molar-refractivity contribution in [1.29, 1.82) is 0 Å². The first kappa shape index (κ1) is 15.0. The normalized spacial score (nSPS) is 16.9. The highest BCUT2D eigenvalue weighted by molar-refractivity contribution is 5.17. The van der Waals surface area contributed by atoms with Crippen molar-refractivity contribution in [2.75, 3.05) is 14.1 Å². The topological polar surface area (TPSA) is 47.2 Å². The lowest BCUT2D eigenvalue weighted by Crippen LogP contribution is -2.44. The van der Waals surface area contributed by atoms with E-state index in [4.69, 9.17) is 0 Å². The fourth-order valence-electron chi connectivity index (χ4n) is 3.16. The molecule has 0 atom stereocenters. The van der Waals surface area contributed by atoms with Crippen LogP contribution in [0.2, 0.25) is 0 Å². The third kappa shape index (κ3) is 2.73. The van der Waals surface area contributed by atoms with Crippen molar-refractivity contribution in [3.05, 3.63) is 32.1 Å². The molecule has 0 saturated heterocycles. The van der Waals surface area contributed by atoms with Crippen LogP contribution in [0.1, 0.15) is 49.4 Å². The van der Waals surface area contributed by atoms with Crippen LogP contribution in [0.4, 0.5) is 0 Å². The van der Waals surface area contributed by atoms with Gasteiger partial charge >= 0.3 is 5.69 Å². The molecule has 1 fully saturated rings. The minimum absolute atomic E-state index is 0.159. The summed E-state index contributed by atoms with van der Waals surface area (Å²) in [6.45, 7) is 2.49. The monoisotopic (exact) mass is 279 g/mol. The summed E-state index contributed by atoms with van der Waals surface area (Å²) in [5, 5.41) is 0. The highest BCUT2D eigenvalue weighted by Gasteiger charge is 2.22. The first-order valence-electron chi connectivity index (χ1n) is 7.39. The summed E-state index contributed by atoms with van der Waals surface area (Å²) in [4.78, 5) is 26.7. The second-order valence-corrected chi connectivity index (χ2v) is 6.11. The Morgan fingerprint density at radius 2 is 1.75 bits per heavy atom. The molecule has 0 bridgehead atoms. The zero-order chi connectivity index (χ0) is 14.9. The van der Waals surface area contributed by atoms with E-state index in [2.05, 4.69) is 0 Å². The van der Waals surface area contributed by atoms with Gasteiger partial charge in [-0.3, -0.25) is 13.9 Å². The van der Waals surface area contributed by atoms with Crippen LogP contribution in [0.5, 0.6) is 0 Å². The number of hydrogen-bond acceptors (Lipinski definition) is 3. The quantitative estimate of drug-likeness (QED) is 0.841. The van der Waals surface area contributed by atoms with Gasteiger partial charge in [-0.15, -0.1) is 0 Å². The first-order chi connectivity index (χ1) is 9.43. The maximum absolute atomic E-state index is 12.5. The van der Waals surface area contributed by atoms with E-state index in [1.54, 1.807) is 7.05 Å². The molecule has 0 aliphatic heterocycles. The average molecular weight is 279 g/mol. The zero-order valence-electron chi connectivity index (χ0n) is 13.0. The Morgan fingerprint density at radius 1 is 1.15 bits per heavy atom. The van der Waals surface area contributed by atoms with Gasteiger partial charge in [-0.1, -0.05) is 19.3 Å². The Bertz CT molecular complexity index is 592. The van der Waals surface area contributed by atoms with Crippen LogP contribution < -0.4 is 11.2 Å². The van der Waals surface area contributed by atoms with E-state index in [9.17, 15) is 9.59 Å². The van der Waals surface area contributed by atoms with Crippen LogP contribution in [-0.2, 0) is 13.6 Å². The summed E-state index contributed by atoms with van der Waals surface area (Å²) in [6.07, 6.45) is 5.67. The van der Waals surface area contributed by atoms with Crippen LogP contribution in [0.25, 0.3) is 0 Å². The van der Waals surface area contributed by atoms with Crippen molar-refractivity contribution in [1.82, 2.24) is 14.0 Å². The standard InChI is InChI=1S/C15H25N3O2/c1-11-13(10-16(2)3)14(19)17(4)15(20)18(11)12-8-6-5-7-9-12/h12H,5-10H2,1-4H3. The summed E-state index contributed by atoms with van der Waals surface area (Å²) >= 11 is 0. The molecule has 1 aliphatic rings. The summed E-state index contributed by atoms with van der Waals surface area (Å²) < 4.78 is 3.12. The molecule has 20 heavy (non-hydrogen) atoms. The number of rotatable bonds is 3. The highest BCUT2D eigenvalue weighted by Crippen LogP contribution is 2.28. The van der Waals surface area contributed by atoms with E-state index in [0.717, 1.165) is 24.1 Å². The van der Waals surface area contributed by atoms with Crippen molar-refractivity contribution < 1.29 is 0 Å². The number of nitrogens with zero attached hydrogens (tertiary/aromatic N) is 3. The SMILES string of the molecule is Cc1c(CN(C)C)c(=O)n(C)c(=O)n1C1CCCCC1. The summed E-state index contributed by atoms with van der Waals surface area (Å²) in [7, 11) is 5.46. The predicted octanol–water partition coefficient (Wildman–Crippen LogP) is 1.42. The lowest BCUT2D eigenvalue weighted by molar-refractivity contribution is 0.325. The molecule has 5 nitrogen and oxygen atoms in total. The highest BCUT2D eigenvalue weighted by atomic mass is 16.2. The first-order valence-corrected chi connectivity index (χ1v) is 7.39. The van der Waals surface area contributed by atoms with Crippen LogP contribution in [0.3, 0.4) is 0 Å². The fourth-order valence-corrected chi connectivity index (χ4v) is 3.16. The molecule has 0 amide bonds. The molecule has 1 heterocycles. The maximum atomic E-state index is 12.5. The van der Waals surface area contributed by atoms with Crippen LogP contribution >= 0.6 is 0 Å². The maximum Gasteiger partial charge on any atom is 0.331 e. The molecule has 1 saturated carbocycles. The van der Waals surface area contributed by atoms with Gasteiger partial charge in [0.25, 0.3) is 5.56 Å². The van der Waals surface area contributed by atoms with Crippen molar-refractivity contribution in [2.45, 2.75) is 51.6 Å². The van der Waals surface area contributed by atoms with E-state index in [1.165, 1.54) is 23.8 Å². The second-order valence-electron chi connectivity index (χ2n) is 6.11. The zero-order valence-corrected chi connectivity index (χ0v) is 13.0. The van der Waals surface area contributed by atoms with Crippen LogP contribution in [-0.4, -0.2) is 28.1 Å². The molecule has 1 aliphatic carbocycles. The molecule has 1 aromatic rings. The molecule has 0 radical (unpaired) electrons. The molecule has 0 N–H and O–H groups in total. The minimum atomic E-state index is -0.165. The largest absolute Gasteiger partial charge is 0.331 e. The van der Waals surface area contributed by atoms with Gasteiger partial charge in [0.15, 0.2) is 0 Å². The predicted molar refractivity (Wildman–Crippen MR) is 80.2 cm³/mol. The average Bonchev–Trinajstić information content (AvgIpc) is 2.42. The Hall–Kier alpha value is -1.36. The Morgan fingerprint density at radius 3 is 2.30 bits per heavy atom. The summed E-state index contributed by atoms with van der Waals surface area (Å²) in [5.74, 6) is 0. The van der Waals surface area contributed by atoms with E-state index >= 15 is 0 Å². The summed E-state index contributed by atoms with van der Waals surface area (Å²) in [5.41, 5.74) is 1.26. The van der Waals surface area contributed by atoms with Gasteiger partial charge in [0.05, 0.1) is 5.56 Å². The van der Waals surface area contributed by atoms with Gasteiger partial charge in [0.1, 0.15) is 0 Å². The van der Waals surface area contributed by atoms with Crippen molar-refractivity contribution in [2.24, 2.45) is 7.05 Å². The molecule has 5 heteroatoms. The van der Waals surface area contributed by atoms with E-state index in [0.29, 0.717) is 6.54 Å². The van der Waals surface area contributed by atoms with Gasteiger partial charge in [0.2, 0.25) is 0 Å².